The van der Waals surface area contributed by atoms with Gasteiger partial charge in [0.05, 0.1) is 0 Å². The normalized spacial score (nSPS) is 28.2. The van der Waals surface area contributed by atoms with Crippen molar-refractivity contribution in [2.24, 2.45) is 4.99 Å². The van der Waals surface area contributed by atoms with Crippen LogP contribution in [-0.2, 0) is 4.79 Å². The van der Waals surface area contributed by atoms with Crippen LogP contribution in [0, 0.1) is 0 Å². The molecule has 1 aliphatic rings. The molecule has 1 heterocycles. The fourth-order valence-corrected chi connectivity index (χ4v) is 2.74. The summed E-state index contributed by atoms with van der Waals surface area (Å²) in [5, 5.41) is 7.15. The maximum Gasteiger partial charge on any atom is 0.244 e. The third kappa shape index (κ3) is 4.22. The topological polar surface area (TPSA) is 53.5 Å². The van der Waals surface area contributed by atoms with E-state index in [2.05, 4.69) is 29.5 Å². The Morgan fingerprint density at radius 1 is 1.59 bits per heavy atom. The van der Waals surface area contributed by atoms with Gasteiger partial charge in [0.1, 0.15) is 6.04 Å². The summed E-state index contributed by atoms with van der Waals surface area (Å²) in [7, 11) is 0. The molecule has 0 aromatic heterocycles. The number of carbonyl (C=O) groups excluding carboxylic acids is 1. The van der Waals surface area contributed by atoms with Crippen molar-refractivity contribution in [2.75, 3.05) is 5.75 Å². The number of hydrogen-bond acceptors (Lipinski definition) is 3. The Labute approximate surface area is 108 Å². The predicted molar refractivity (Wildman–Crippen MR) is 74.5 cm³/mol. The van der Waals surface area contributed by atoms with E-state index in [0.29, 0.717) is 0 Å². The van der Waals surface area contributed by atoms with Gasteiger partial charge in [0.15, 0.2) is 5.17 Å². The largest absolute Gasteiger partial charge is 0.359 e. The number of amidine groups is 1. The van der Waals surface area contributed by atoms with Crippen LogP contribution in [0.4, 0.5) is 0 Å². The molecule has 1 amide bonds. The van der Waals surface area contributed by atoms with Crippen molar-refractivity contribution in [3.05, 3.63) is 0 Å². The summed E-state index contributed by atoms with van der Waals surface area (Å²) in [6.45, 7) is 10.1. The summed E-state index contributed by atoms with van der Waals surface area (Å²) in [4.78, 5) is 16.1. The Balaban J connectivity index is 2.56. The van der Waals surface area contributed by atoms with E-state index in [-0.39, 0.29) is 23.5 Å². The first kappa shape index (κ1) is 14.4. The van der Waals surface area contributed by atoms with Crippen molar-refractivity contribution in [1.82, 2.24) is 10.6 Å². The number of thioether (sulfide) groups is 1. The second-order valence-electron chi connectivity index (χ2n) is 5.10. The molecule has 5 heteroatoms. The molecule has 0 aromatic carbocycles. The molecular formula is C12H23N3OS. The number of aliphatic imine (C=N–C) groups is 1. The summed E-state index contributed by atoms with van der Waals surface area (Å²) in [6, 6.07) is -0.165. The van der Waals surface area contributed by atoms with Gasteiger partial charge in [-0.1, -0.05) is 18.7 Å². The molecule has 1 aliphatic heterocycles. The first-order chi connectivity index (χ1) is 7.86. The van der Waals surface area contributed by atoms with Gasteiger partial charge in [-0.25, -0.2) is 4.99 Å². The van der Waals surface area contributed by atoms with Crippen molar-refractivity contribution in [3.63, 3.8) is 0 Å². The third-order valence-corrected chi connectivity index (χ3v) is 4.10. The van der Waals surface area contributed by atoms with Gasteiger partial charge in [-0.3, -0.25) is 4.79 Å². The minimum absolute atomic E-state index is 0.0139. The lowest BCUT2D eigenvalue weighted by Crippen LogP contribution is -2.41. The molecule has 0 bridgehead atoms. The lowest BCUT2D eigenvalue weighted by atomic mass is 10.0. The standard InChI is InChI=1S/C12H23N3OS/c1-6-12(5)7-17-11(15-12)14-9(4)10(16)13-8(2)3/h8-9H,6-7H2,1-5H3,(H,13,16)(H,14,15). The minimum atomic E-state index is -0.327. The van der Waals surface area contributed by atoms with Gasteiger partial charge in [-0.15, -0.1) is 0 Å². The van der Waals surface area contributed by atoms with Crippen LogP contribution in [0.3, 0.4) is 0 Å². The van der Waals surface area contributed by atoms with E-state index < -0.39 is 0 Å². The lowest BCUT2D eigenvalue weighted by molar-refractivity contribution is -0.122. The summed E-state index contributed by atoms with van der Waals surface area (Å²) in [5.41, 5.74) is 0.123. The number of carbonyl (C=O) groups is 1. The summed E-state index contributed by atoms with van der Waals surface area (Å²) < 4.78 is 0. The van der Waals surface area contributed by atoms with E-state index in [1.54, 1.807) is 11.8 Å². The number of nitrogens with zero attached hydrogens (tertiary/aromatic N) is 1. The highest BCUT2D eigenvalue weighted by Gasteiger charge is 2.31. The summed E-state index contributed by atoms with van der Waals surface area (Å²) in [6.07, 6.45) is 1.06. The molecule has 4 nitrogen and oxygen atoms in total. The molecule has 1 saturated heterocycles. The molecule has 0 saturated carbocycles. The zero-order chi connectivity index (χ0) is 13.1. The van der Waals surface area contributed by atoms with Crippen molar-refractivity contribution in [3.8, 4) is 0 Å². The van der Waals surface area contributed by atoms with Crippen LogP contribution in [0.1, 0.15) is 41.0 Å². The zero-order valence-corrected chi connectivity index (χ0v) is 12.1. The minimum Gasteiger partial charge on any atom is -0.359 e. The highest BCUT2D eigenvalue weighted by Crippen LogP contribution is 2.25. The Hall–Kier alpha value is -0.710. The Morgan fingerprint density at radius 3 is 2.71 bits per heavy atom. The van der Waals surface area contributed by atoms with E-state index in [9.17, 15) is 4.79 Å². The molecule has 98 valence electrons. The molecule has 2 atom stereocenters. The quantitative estimate of drug-likeness (QED) is 0.807. The zero-order valence-electron chi connectivity index (χ0n) is 11.3. The van der Waals surface area contributed by atoms with Gasteiger partial charge < -0.3 is 10.6 Å². The molecule has 0 radical (unpaired) electrons. The maximum absolute atomic E-state index is 11.7. The molecule has 2 unspecified atom stereocenters. The first-order valence-electron chi connectivity index (χ1n) is 6.15. The number of amides is 1. The van der Waals surface area contributed by atoms with E-state index in [4.69, 9.17) is 0 Å². The van der Waals surface area contributed by atoms with E-state index in [1.807, 2.05) is 20.8 Å². The average Bonchev–Trinajstić information content (AvgIpc) is 2.60. The van der Waals surface area contributed by atoms with Gasteiger partial charge in [-0.05, 0) is 34.1 Å². The monoisotopic (exact) mass is 257 g/mol. The van der Waals surface area contributed by atoms with E-state index in [1.165, 1.54) is 0 Å². The van der Waals surface area contributed by atoms with Crippen LogP contribution in [0.2, 0.25) is 0 Å². The van der Waals surface area contributed by atoms with Crippen molar-refractivity contribution < 1.29 is 4.79 Å². The molecule has 2 N–H and O–H groups in total. The SMILES string of the molecule is CCC1(C)CSC(=NC(C)C(=O)NC(C)C)N1. The predicted octanol–water partition coefficient (Wildman–Crippen LogP) is 1.76. The van der Waals surface area contributed by atoms with Crippen molar-refractivity contribution >= 4 is 22.8 Å². The van der Waals surface area contributed by atoms with Crippen LogP contribution in [0.5, 0.6) is 0 Å². The molecule has 1 fully saturated rings. The number of hydrogen-bond donors (Lipinski definition) is 2. The van der Waals surface area contributed by atoms with Gasteiger partial charge >= 0.3 is 0 Å². The van der Waals surface area contributed by atoms with Gasteiger partial charge in [-0.2, -0.15) is 0 Å². The fraction of sp³-hybridized carbons (Fsp3) is 0.833. The Morgan fingerprint density at radius 2 is 2.24 bits per heavy atom. The second kappa shape index (κ2) is 5.76. The Bertz CT molecular complexity index is 317. The second-order valence-corrected chi connectivity index (χ2v) is 6.07. The van der Waals surface area contributed by atoms with Crippen LogP contribution in [0.15, 0.2) is 4.99 Å². The van der Waals surface area contributed by atoms with Gasteiger partial charge in [0.2, 0.25) is 5.91 Å². The van der Waals surface area contributed by atoms with Crippen LogP contribution < -0.4 is 10.6 Å². The summed E-state index contributed by atoms with van der Waals surface area (Å²) >= 11 is 1.70. The lowest BCUT2D eigenvalue weighted by Gasteiger charge is -2.21. The van der Waals surface area contributed by atoms with E-state index >= 15 is 0 Å². The molecule has 0 spiro atoms. The van der Waals surface area contributed by atoms with Gasteiger partial charge in [0, 0.05) is 17.3 Å². The Kier molecular flexibility index (Phi) is 4.86. The molecule has 17 heavy (non-hydrogen) atoms. The van der Waals surface area contributed by atoms with Crippen molar-refractivity contribution in [1.29, 1.82) is 0 Å². The number of rotatable bonds is 4. The highest BCUT2D eigenvalue weighted by atomic mass is 32.2. The molecule has 0 aromatic rings. The van der Waals surface area contributed by atoms with Crippen molar-refractivity contribution in [2.45, 2.75) is 58.7 Å². The summed E-state index contributed by atoms with van der Waals surface area (Å²) in [5.74, 6) is 1.00. The maximum atomic E-state index is 11.7. The molecule has 0 aliphatic carbocycles. The average molecular weight is 257 g/mol. The van der Waals surface area contributed by atoms with Crippen LogP contribution in [0.25, 0.3) is 0 Å². The first-order valence-corrected chi connectivity index (χ1v) is 7.14. The van der Waals surface area contributed by atoms with Gasteiger partial charge in [0.25, 0.3) is 0 Å². The smallest absolute Gasteiger partial charge is 0.244 e. The highest BCUT2D eigenvalue weighted by molar-refractivity contribution is 8.14. The van der Waals surface area contributed by atoms with Crippen LogP contribution in [-0.4, -0.2) is 34.5 Å². The molecule has 1 rings (SSSR count). The molecular weight excluding hydrogens is 234 g/mol. The van der Waals surface area contributed by atoms with Crippen LogP contribution >= 0.6 is 11.8 Å². The third-order valence-electron chi connectivity index (χ3n) is 2.84. The number of nitrogens with one attached hydrogen (secondary N) is 2. The fourth-order valence-electron chi connectivity index (χ4n) is 1.46. The van der Waals surface area contributed by atoms with E-state index in [0.717, 1.165) is 17.3 Å².